The maximum atomic E-state index is 12.1. The quantitative estimate of drug-likeness (QED) is 0.303. The Hall–Kier alpha value is -3.56. The third-order valence-electron chi connectivity index (χ3n) is 4.56. The van der Waals surface area contributed by atoms with E-state index in [1.165, 1.54) is 0 Å². The first-order valence-corrected chi connectivity index (χ1v) is 11.6. The van der Waals surface area contributed by atoms with Crippen molar-refractivity contribution in [1.29, 1.82) is 0 Å². The predicted octanol–water partition coefficient (Wildman–Crippen LogP) is 5.80. The highest BCUT2D eigenvalue weighted by atomic mass is 79.9. The van der Waals surface area contributed by atoms with Crippen molar-refractivity contribution in [3.8, 4) is 17.2 Å². The standard InChI is InChI=1S/C25H22BrClN2O6/c1-33-18-7-9-20(10-8-18)35-19-5-3-17(4-6-19)28-23(30)12-13-25(32)34-15-24(31)29-22-11-2-16(26)14-21(22)27/h2-11,14H,12-13,15H2,1H3,(H,28,30)(H,29,31). The van der Waals surface area contributed by atoms with E-state index >= 15 is 0 Å². The maximum absolute atomic E-state index is 12.1. The summed E-state index contributed by atoms with van der Waals surface area (Å²) in [5.41, 5.74) is 0.951. The van der Waals surface area contributed by atoms with Crippen LogP contribution < -0.4 is 20.1 Å². The van der Waals surface area contributed by atoms with Gasteiger partial charge in [-0.05, 0) is 66.7 Å². The molecule has 0 spiro atoms. The van der Waals surface area contributed by atoms with E-state index in [4.69, 9.17) is 25.8 Å². The number of hydrogen-bond acceptors (Lipinski definition) is 6. The number of benzene rings is 3. The van der Waals surface area contributed by atoms with Gasteiger partial charge in [-0.1, -0.05) is 27.5 Å². The zero-order valence-electron chi connectivity index (χ0n) is 18.7. The molecule has 0 atom stereocenters. The number of hydrogen-bond donors (Lipinski definition) is 2. The Morgan fingerprint density at radius 3 is 2.09 bits per heavy atom. The van der Waals surface area contributed by atoms with E-state index in [0.29, 0.717) is 27.9 Å². The van der Waals surface area contributed by atoms with Gasteiger partial charge in [-0.15, -0.1) is 0 Å². The Balaban J connectivity index is 1.37. The molecule has 0 aromatic heterocycles. The first-order chi connectivity index (χ1) is 16.8. The summed E-state index contributed by atoms with van der Waals surface area (Å²) in [5.74, 6) is 0.406. The van der Waals surface area contributed by atoms with Crippen LogP contribution in [0.4, 0.5) is 11.4 Å². The Bertz CT molecular complexity index is 1190. The van der Waals surface area contributed by atoms with Gasteiger partial charge in [0.2, 0.25) is 5.91 Å². The first kappa shape index (κ1) is 26.1. The van der Waals surface area contributed by atoms with Crippen molar-refractivity contribution in [2.24, 2.45) is 0 Å². The van der Waals surface area contributed by atoms with E-state index in [9.17, 15) is 14.4 Å². The second-order valence-electron chi connectivity index (χ2n) is 7.18. The highest BCUT2D eigenvalue weighted by Gasteiger charge is 2.12. The normalized spacial score (nSPS) is 10.3. The fourth-order valence-corrected chi connectivity index (χ4v) is 3.54. The van der Waals surface area contributed by atoms with Gasteiger partial charge in [-0.2, -0.15) is 0 Å². The van der Waals surface area contributed by atoms with Crippen LogP contribution >= 0.6 is 27.5 Å². The third kappa shape index (κ3) is 8.62. The molecule has 8 nitrogen and oxygen atoms in total. The molecule has 0 saturated heterocycles. The zero-order valence-corrected chi connectivity index (χ0v) is 21.0. The van der Waals surface area contributed by atoms with Crippen LogP contribution in [0.5, 0.6) is 17.2 Å². The smallest absolute Gasteiger partial charge is 0.306 e. The van der Waals surface area contributed by atoms with Crippen LogP contribution in [-0.2, 0) is 19.1 Å². The molecule has 2 N–H and O–H groups in total. The Morgan fingerprint density at radius 1 is 0.829 bits per heavy atom. The minimum absolute atomic E-state index is 0.0942. The van der Waals surface area contributed by atoms with Crippen LogP contribution in [0.15, 0.2) is 71.2 Å². The number of methoxy groups -OCH3 is 1. The molecule has 182 valence electrons. The lowest BCUT2D eigenvalue weighted by molar-refractivity contribution is -0.147. The molecule has 3 aromatic rings. The molecule has 2 amide bonds. The van der Waals surface area contributed by atoms with Crippen molar-refractivity contribution in [3.63, 3.8) is 0 Å². The van der Waals surface area contributed by atoms with Gasteiger partial charge in [-0.25, -0.2) is 0 Å². The van der Waals surface area contributed by atoms with Crippen LogP contribution in [0, 0.1) is 0 Å². The van der Waals surface area contributed by atoms with Gasteiger partial charge in [0.15, 0.2) is 6.61 Å². The Morgan fingerprint density at radius 2 is 1.46 bits per heavy atom. The van der Waals surface area contributed by atoms with Crippen LogP contribution in [0.25, 0.3) is 0 Å². The van der Waals surface area contributed by atoms with Gasteiger partial charge in [0.1, 0.15) is 17.2 Å². The Kier molecular flexibility index (Phi) is 9.51. The van der Waals surface area contributed by atoms with Crippen molar-refractivity contribution in [3.05, 3.63) is 76.2 Å². The second-order valence-corrected chi connectivity index (χ2v) is 8.51. The molecule has 0 heterocycles. The number of amides is 2. The summed E-state index contributed by atoms with van der Waals surface area (Å²) >= 11 is 9.31. The number of carbonyl (C=O) groups excluding carboxylic acids is 3. The summed E-state index contributed by atoms with van der Waals surface area (Å²) in [4.78, 5) is 36.0. The van der Waals surface area contributed by atoms with E-state index in [2.05, 4.69) is 26.6 Å². The van der Waals surface area contributed by atoms with Crippen molar-refractivity contribution in [2.45, 2.75) is 12.8 Å². The molecular formula is C25H22BrClN2O6. The summed E-state index contributed by atoms with van der Waals surface area (Å²) in [7, 11) is 1.59. The number of nitrogens with one attached hydrogen (secondary N) is 2. The van der Waals surface area contributed by atoms with Gasteiger partial charge < -0.3 is 24.8 Å². The molecule has 0 aliphatic rings. The minimum atomic E-state index is -0.666. The summed E-state index contributed by atoms with van der Waals surface area (Å²) in [6, 6.07) is 18.9. The highest BCUT2D eigenvalue weighted by Crippen LogP contribution is 2.26. The van der Waals surface area contributed by atoms with Crippen LogP contribution in [0.1, 0.15) is 12.8 Å². The van der Waals surface area contributed by atoms with E-state index in [0.717, 1.165) is 10.2 Å². The van der Waals surface area contributed by atoms with Gasteiger partial charge in [0, 0.05) is 16.6 Å². The fraction of sp³-hybridized carbons (Fsp3) is 0.160. The lowest BCUT2D eigenvalue weighted by Crippen LogP contribution is -2.22. The number of carbonyl (C=O) groups is 3. The average molecular weight is 562 g/mol. The largest absolute Gasteiger partial charge is 0.497 e. The van der Waals surface area contributed by atoms with Gasteiger partial charge in [0.25, 0.3) is 5.91 Å². The second kappa shape index (κ2) is 12.8. The summed E-state index contributed by atoms with van der Waals surface area (Å²) in [5, 5.41) is 5.59. The molecular weight excluding hydrogens is 540 g/mol. The first-order valence-electron chi connectivity index (χ1n) is 10.4. The number of ether oxygens (including phenoxy) is 3. The minimum Gasteiger partial charge on any atom is -0.497 e. The van der Waals surface area contributed by atoms with Crippen molar-refractivity contribution in [2.75, 3.05) is 24.4 Å². The maximum Gasteiger partial charge on any atom is 0.306 e. The Labute approximate surface area is 215 Å². The van der Waals surface area contributed by atoms with Crippen molar-refractivity contribution >= 4 is 56.7 Å². The van der Waals surface area contributed by atoms with Crippen molar-refractivity contribution in [1.82, 2.24) is 0 Å². The van der Waals surface area contributed by atoms with E-state index in [1.54, 1.807) is 73.8 Å². The fourth-order valence-electron chi connectivity index (χ4n) is 2.82. The molecule has 3 rings (SSSR count). The van der Waals surface area contributed by atoms with Gasteiger partial charge in [-0.3, -0.25) is 14.4 Å². The van der Waals surface area contributed by atoms with Gasteiger partial charge >= 0.3 is 5.97 Å². The highest BCUT2D eigenvalue weighted by molar-refractivity contribution is 9.10. The number of esters is 1. The van der Waals surface area contributed by atoms with Crippen LogP contribution in [-0.4, -0.2) is 31.5 Å². The monoisotopic (exact) mass is 560 g/mol. The molecule has 35 heavy (non-hydrogen) atoms. The molecule has 0 fully saturated rings. The zero-order chi connectivity index (χ0) is 25.2. The molecule has 0 aliphatic heterocycles. The molecule has 0 bridgehead atoms. The summed E-state index contributed by atoms with van der Waals surface area (Å²) < 4.78 is 16.5. The number of rotatable bonds is 10. The number of halogens is 2. The predicted molar refractivity (Wildman–Crippen MR) is 136 cm³/mol. The number of anilines is 2. The van der Waals surface area contributed by atoms with Crippen molar-refractivity contribution < 1.29 is 28.6 Å². The lowest BCUT2D eigenvalue weighted by Gasteiger charge is -2.09. The molecule has 0 unspecified atom stereocenters. The topological polar surface area (TPSA) is 103 Å². The van der Waals surface area contributed by atoms with E-state index < -0.39 is 18.5 Å². The molecule has 3 aromatic carbocycles. The average Bonchev–Trinajstić information content (AvgIpc) is 2.85. The third-order valence-corrected chi connectivity index (χ3v) is 5.36. The summed E-state index contributed by atoms with van der Waals surface area (Å²) in [6.45, 7) is -0.484. The van der Waals surface area contributed by atoms with Gasteiger partial charge in [0.05, 0.1) is 24.2 Å². The molecule has 0 radical (unpaired) electrons. The van der Waals surface area contributed by atoms with Crippen LogP contribution in [0.2, 0.25) is 5.02 Å². The molecule has 10 heteroatoms. The molecule has 0 aliphatic carbocycles. The SMILES string of the molecule is COc1ccc(Oc2ccc(NC(=O)CCC(=O)OCC(=O)Nc3ccc(Br)cc3Cl)cc2)cc1. The summed E-state index contributed by atoms with van der Waals surface area (Å²) in [6.07, 6.45) is -0.264. The van der Waals surface area contributed by atoms with E-state index in [-0.39, 0.29) is 18.7 Å². The molecule has 0 saturated carbocycles. The van der Waals surface area contributed by atoms with E-state index in [1.807, 2.05) is 0 Å². The lowest BCUT2D eigenvalue weighted by atomic mass is 10.2. The van der Waals surface area contributed by atoms with Crippen LogP contribution in [0.3, 0.4) is 0 Å².